The maximum absolute atomic E-state index is 12.0. The lowest BCUT2D eigenvalue weighted by atomic mass is 10.0. The van der Waals surface area contributed by atoms with Gasteiger partial charge in [0.05, 0.1) is 0 Å². The molecule has 2 amide bonds. The monoisotopic (exact) mass is 226 g/mol. The number of carbonyl (C=O) groups is 2. The van der Waals surface area contributed by atoms with Crippen molar-refractivity contribution in [3.8, 4) is 0 Å². The zero-order valence-corrected chi connectivity index (χ0v) is 10.5. The van der Waals surface area contributed by atoms with Gasteiger partial charge >= 0.3 is 0 Å². The van der Waals surface area contributed by atoms with Crippen LogP contribution in [0.1, 0.15) is 46.5 Å². The summed E-state index contributed by atoms with van der Waals surface area (Å²) in [7, 11) is 0. The minimum atomic E-state index is -0.363. The Bertz CT molecular complexity index is 266. The normalized spacial score (nSPS) is 25.8. The highest BCUT2D eigenvalue weighted by Gasteiger charge is 2.37. The van der Waals surface area contributed by atoms with E-state index < -0.39 is 0 Å². The van der Waals surface area contributed by atoms with Crippen molar-refractivity contribution >= 4 is 11.8 Å². The molecule has 1 rings (SSSR count). The van der Waals surface area contributed by atoms with Gasteiger partial charge in [0.1, 0.15) is 12.1 Å². The topological polar surface area (TPSA) is 49.4 Å². The van der Waals surface area contributed by atoms with Crippen molar-refractivity contribution in [2.24, 2.45) is 0 Å². The lowest BCUT2D eigenvalue weighted by Crippen LogP contribution is -2.62. The SMILES string of the molecule is CCCCN1C(=O)C(C)NC(=O)C1CCC. The average molecular weight is 226 g/mol. The number of rotatable bonds is 5. The molecule has 16 heavy (non-hydrogen) atoms. The van der Waals surface area contributed by atoms with Gasteiger partial charge in [0.25, 0.3) is 0 Å². The summed E-state index contributed by atoms with van der Waals surface area (Å²) in [4.78, 5) is 25.5. The minimum Gasteiger partial charge on any atom is -0.343 e. The molecule has 0 spiro atoms. The van der Waals surface area contributed by atoms with E-state index in [1.165, 1.54) is 0 Å². The Labute approximate surface area is 97.4 Å². The number of piperazine rings is 1. The fraction of sp³-hybridized carbons (Fsp3) is 0.833. The number of amides is 2. The van der Waals surface area contributed by atoms with Crippen LogP contribution in [-0.4, -0.2) is 35.3 Å². The number of carbonyl (C=O) groups excluding carboxylic acids is 2. The molecule has 1 fully saturated rings. The Kier molecular flexibility index (Phi) is 4.77. The Morgan fingerprint density at radius 2 is 1.94 bits per heavy atom. The number of nitrogens with zero attached hydrogens (tertiary/aromatic N) is 1. The third kappa shape index (κ3) is 2.74. The second kappa shape index (κ2) is 5.87. The molecule has 1 heterocycles. The van der Waals surface area contributed by atoms with Crippen molar-refractivity contribution in [1.82, 2.24) is 10.2 Å². The maximum Gasteiger partial charge on any atom is 0.245 e. The smallest absolute Gasteiger partial charge is 0.245 e. The highest BCUT2D eigenvalue weighted by Crippen LogP contribution is 2.15. The van der Waals surface area contributed by atoms with Crippen LogP contribution in [0.25, 0.3) is 0 Å². The van der Waals surface area contributed by atoms with E-state index in [9.17, 15) is 9.59 Å². The molecule has 0 aromatic heterocycles. The van der Waals surface area contributed by atoms with Crippen molar-refractivity contribution in [3.05, 3.63) is 0 Å². The zero-order valence-electron chi connectivity index (χ0n) is 10.5. The summed E-state index contributed by atoms with van der Waals surface area (Å²) in [5, 5.41) is 2.74. The third-order valence-electron chi connectivity index (χ3n) is 3.01. The van der Waals surface area contributed by atoms with Crippen LogP contribution >= 0.6 is 0 Å². The van der Waals surface area contributed by atoms with E-state index in [1.54, 1.807) is 11.8 Å². The second-order valence-corrected chi connectivity index (χ2v) is 4.42. The molecular weight excluding hydrogens is 204 g/mol. The predicted octanol–water partition coefficient (Wildman–Crippen LogP) is 1.30. The van der Waals surface area contributed by atoms with Crippen LogP contribution in [0.3, 0.4) is 0 Å². The van der Waals surface area contributed by atoms with Gasteiger partial charge in [-0.1, -0.05) is 26.7 Å². The third-order valence-corrected chi connectivity index (χ3v) is 3.01. The van der Waals surface area contributed by atoms with Crippen LogP contribution in [0.4, 0.5) is 0 Å². The Morgan fingerprint density at radius 3 is 2.50 bits per heavy atom. The van der Waals surface area contributed by atoms with E-state index in [4.69, 9.17) is 0 Å². The lowest BCUT2D eigenvalue weighted by Gasteiger charge is -2.38. The number of nitrogens with one attached hydrogen (secondary N) is 1. The fourth-order valence-corrected chi connectivity index (χ4v) is 2.07. The van der Waals surface area contributed by atoms with Gasteiger partial charge < -0.3 is 10.2 Å². The first-order valence-electron chi connectivity index (χ1n) is 6.22. The minimum absolute atomic E-state index is 0.00468. The zero-order chi connectivity index (χ0) is 12.1. The van der Waals surface area contributed by atoms with Crippen LogP contribution in [0.5, 0.6) is 0 Å². The van der Waals surface area contributed by atoms with Gasteiger partial charge in [0.2, 0.25) is 11.8 Å². The molecular formula is C12H22N2O2. The molecule has 0 saturated carbocycles. The van der Waals surface area contributed by atoms with Gasteiger partial charge in [0, 0.05) is 6.54 Å². The van der Waals surface area contributed by atoms with Crippen LogP contribution < -0.4 is 5.32 Å². The van der Waals surface area contributed by atoms with Crippen LogP contribution in [0, 0.1) is 0 Å². The van der Waals surface area contributed by atoms with Gasteiger partial charge in [-0.25, -0.2) is 0 Å². The van der Waals surface area contributed by atoms with Gasteiger partial charge in [-0.05, 0) is 19.8 Å². The molecule has 92 valence electrons. The molecule has 1 aliphatic heterocycles. The van der Waals surface area contributed by atoms with E-state index in [2.05, 4.69) is 12.2 Å². The molecule has 2 atom stereocenters. The van der Waals surface area contributed by atoms with Crippen molar-refractivity contribution in [2.75, 3.05) is 6.54 Å². The number of unbranched alkanes of at least 4 members (excludes halogenated alkanes) is 1. The first-order valence-corrected chi connectivity index (χ1v) is 6.22. The molecule has 0 aromatic rings. The summed E-state index contributed by atoms with van der Waals surface area (Å²) < 4.78 is 0. The summed E-state index contributed by atoms with van der Waals surface area (Å²) in [6.07, 6.45) is 3.68. The van der Waals surface area contributed by atoms with Crippen LogP contribution in [-0.2, 0) is 9.59 Å². The largest absolute Gasteiger partial charge is 0.343 e. The quantitative estimate of drug-likeness (QED) is 0.768. The van der Waals surface area contributed by atoms with Crippen LogP contribution in [0.2, 0.25) is 0 Å². The number of hydrogen-bond acceptors (Lipinski definition) is 2. The molecule has 0 radical (unpaired) electrons. The highest BCUT2D eigenvalue weighted by atomic mass is 16.2. The molecule has 1 saturated heterocycles. The molecule has 2 unspecified atom stereocenters. The molecule has 4 nitrogen and oxygen atoms in total. The van der Waals surface area contributed by atoms with Gasteiger partial charge in [0.15, 0.2) is 0 Å². The standard InChI is InChI=1S/C12H22N2O2/c1-4-6-8-14-10(7-5-2)11(15)13-9(3)12(14)16/h9-10H,4-8H2,1-3H3,(H,13,15). The summed E-state index contributed by atoms with van der Waals surface area (Å²) in [6, 6.07) is -0.613. The highest BCUT2D eigenvalue weighted by molar-refractivity contribution is 5.96. The number of hydrogen-bond donors (Lipinski definition) is 1. The fourth-order valence-electron chi connectivity index (χ4n) is 2.07. The molecule has 0 aliphatic carbocycles. The van der Waals surface area contributed by atoms with Gasteiger partial charge in [-0.3, -0.25) is 9.59 Å². The van der Waals surface area contributed by atoms with E-state index in [1.807, 2.05) is 6.92 Å². The van der Waals surface area contributed by atoms with Gasteiger partial charge in [-0.15, -0.1) is 0 Å². The van der Waals surface area contributed by atoms with Crippen molar-refractivity contribution in [3.63, 3.8) is 0 Å². The summed E-state index contributed by atoms with van der Waals surface area (Å²) in [6.45, 7) is 6.58. The van der Waals surface area contributed by atoms with E-state index in [0.29, 0.717) is 6.54 Å². The van der Waals surface area contributed by atoms with Crippen LogP contribution in [0.15, 0.2) is 0 Å². The van der Waals surface area contributed by atoms with E-state index >= 15 is 0 Å². The molecule has 4 heteroatoms. The summed E-state index contributed by atoms with van der Waals surface area (Å²) >= 11 is 0. The van der Waals surface area contributed by atoms with E-state index in [-0.39, 0.29) is 23.9 Å². The van der Waals surface area contributed by atoms with Crippen molar-refractivity contribution in [2.45, 2.75) is 58.5 Å². The molecule has 1 N–H and O–H groups in total. The Morgan fingerprint density at radius 1 is 1.25 bits per heavy atom. The lowest BCUT2D eigenvalue weighted by molar-refractivity contribution is -0.149. The molecule has 0 bridgehead atoms. The molecule has 1 aliphatic rings. The first-order chi connectivity index (χ1) is 7.61. The van der Waals surface area contributed by atoms with Crippen molar-refractivity contribution in [1.29, 1.82) is 0 Å². The Hall–Kier alpha value is -1.06. The van der Waals surface area contributed by atoms with Crippen molar-refractivity contribution < 1.29 is 9.59 Å². The molecule has 0 aromatic carbocycles. The second-order valence-electron chi connectivity index (χ2n) is 4.42. The van der Waals surface area contributed by atoms with Gasteiger partial charge in [-0.2, -0.15) is 0 Å². The maximum atomic E-state index is 12.0. The first kappa shape index (κ1) is 13.0. The average Bonchev–Trinajstić information content (AvgIpc) is 2.25. The summed E-state index contributed by atoms with van der Waals surface area (Å²) in [5.41, 5.74) is 0. The Balaban J connectivity index is 2.75. The van der Waals surface area contributed by atoms with E-state index in [0.717, 1.165) is 25.7 Å². The predicted molar refractivity (Wildman–Crippen MR) is 62.9 cm³/mol. The summed E-state index contributed by atoms with van der Waals surface area (Å²) in [5.74, 6) is 0.0663.